The summed E-state index contributed by atoms with van der Waals surface area (Å²) in [4.78, 5) is 13.8. The van der Waals surface area contributed by atoms with E-state index in [9.17, 15) is 17.6 Å². The summed E-state index contributed by atoms with van der Waals surface area (Å²) in [5.74, 6) is -0.317. The lowest BCUT2D eigenvalue weighted by atomic mass is 10.2. The maximum absolute atomic E-state index is 13.0. The first-order valence-corrected chi connectivity index (χ1v) is 11.0. The van der Waals surface area contributed by atoms with Crippen molar-refractivity contribution >= 4 is 27.3 Å². The average molecular weight is 443 g/mol. The average Bonchev–Trinajstić information content (AvgIpc) is 2.74. The number of hydrogen-bond acceptors (Lipinski definition) is 4. The van der Waals surface area contributed by atoms with Crippen LogP contribution < -0.4 is 14.4 Å². The van der Waals surface area contributed by atoms with Crippen LogP contribution in [0.2, 0.25) is 0 Å². The molecule has 3 aromatic carbocycles. The largest absolute Gasteiger partial charge is 0.483 e. The predicted octanol–water partition coefficient (Wildman–Crippen LogP) is 4.29. The number of hydrogen-bond donors (Lipinski definition) is 1. The molecule has 0 aliphatic carbocycles. The first-order valence-electron chi connectivity index (χ1n) is 9.51. The number of carbonyl (C=O) groups is 1. The summed E-state index contributed by atoms with van der Waals surface area (Å²) in [6.45, 7) is 3.37. The van der Waals surface area contributed by atoms with Crippen molar-refractivity contribution in [2.45, 2.75) is 18.7 Å². The second kappa shape index (κ2) is 9.18. The molecule has 0 spiro atoms. The van der Waals surface area contributed by atoms with E-state index in [1.54, 1.807) is 26.1 Å². The number of carbonyl (C=O) groups excluding carboxylic acids is 1. The zero-order valence-corrected chi connectivity index (χ0v) is 18.2. The Kier molecular flexibility index (Phi) is 6.60. The van der Waals surface area contributed by atoms with E-state index in [2.05, 4.69) is 4.72 Å². The number of nitrogens with zero attached hydrogens (tertiary/aromatic N) is 1. The van der Waals surface area contributed by atoms with Crippen molar-refractivity contribution < 1.29 is 22.3 Å². The summed E-state index contributed by atoms with van der Waals surface area (Å²) < 4.78 is 46.5. The summed E-state index contributed by atoms with van der Waals surface area (Å²) in [5, 5.41) is 0. The fourth-order valence-electron chi connectivity index (χ4n) is 2.83. The molecule has 0 atom stereocenters. The summed E-state index contributed by atoms with van der Waals surface area (Å²) in [6, 6.07) is 17.0. The second-order valence-corrected chi connectivity index (χ2v) is 8.80. The Morgan fingerprint density at radius 1 is 1.00 bits per heavy atom. The van der Waals surface area contributed by atoms with E-state index in [0.717, 1.165) is 5.56 Å². The van der Waals surface area contributed by atoms with Crippen LogP contribution >= 0.6 is 0 Å². The van der Waals surface area contributed by atoms with Gasteiger partial charge in [0.2, 0.25) is 0 Å². The summed E-state index contributed by atoms with van der Waals surface area (Å²) in [7, 11) is -2.19. The second-order valence-electron chi connectivity index (χ2n) is 7.12. The van der Waals surface area contributed by atoms with Crippen LogP contribution in [0.5, 0.6) is 5.75 Å². The van der Waals surface area contributed by atoms with E-state index < -0.39 is 10.0 Å². The van der Waals surface area contributed by atoms with Gasteiger partial charge in [-0.25, -0.2) is 12.8 Å². The van der Waals surface area contributed by atoms with E-state index in [4.69, 9.17) is 4.74 Å². The minimum absolute atomic E-state index is 0.0904. The van der Waals surface area contributed by atoms with Gasteiger partial charge in [-0.15, -0.1) is 0 Å². The normalized spacial score (nSPS) is 11.1. The van der Waals surface area contributed by atoms with Gasteiger partial charge < -0.3 is 9.64 Å². The molecule has 0 saturated heterocycles. The molecule has 3 aromatic rings. The van der Waals surface area contributed by atoms with Crippen LogP contribution in [-0.2, 0) is 14.8 Å². The number of nitrogens with one attached hydrogen (secondary N) is 1. The van der Waals surface area contributed by atoms with Gasteiger partial charge in [0, 0.05) is 18.4 Å². The van der Waals surface area contributed by atoms with Gasteiger partial charge in [0.1, 0.15) is 11.6 Å². The maximum atomic E-state index is 13.0. The van der Waals surface area contributed by atoms with Gasteiger partial charge in [-0.1, -0.05) is 17.7 Å². The Morgan fingerprint density at radius 2 is 1.65 bits per heavy atom. The number of rotatable bonds is 7. The van der Waals surface area contributed by atoms with Gasteiger partial charge in [0.25, 0.3) is 15.9 Å². The molecular formula is C23H23FN2O4S. The lowest BCUT2D eigenvalue weighted by Gasteiger charge is -2.18. The van der Waals surface area contributed by atoms with Crippen molar-refractivity contribution in [2.24, 2.45) is 0 Å². The van der Waals surface area contributed by atoms with Crippen molar-refractivity contribution in [3.63, 3.8) is 0 Å². The molecule has 0 fully saturated rings. The van der Waals surface area contributed by atoms with Crippen molar-refractivity contribution in [1.82, 2.24) is 0 Å². The minimum atomic E-state index is -3.76. The van der Waals surface area contributed by atoms with Crippen molar-refractivity contribution in [2.75, 3.05) is 23.3 Å². The number of halogens is 1. The van der Waals surface area contributed by atoms with Gasteiger partial charge in [0.05, 0.1) is 4.90 Å². The molecule has 0 saturated carbocycles. The van der Waals surface area contributed by atoms with Gasteiger partial charge in [-0.05, 0) is 74.0 Å². The third kappa shape index (κ3) is 5.61. The highest BCUT2D eigenvalue weighted by molar-refractivity contribution is 7.92. The number of aryl methyl sites for hydroxylation is 2. The molecule has 0 heterocycles. The topological polar surface area (TPSA) is 75.7 Å². The Hall–Kier alpha value is -3.39. The van der Waals surface area contributed by atoms with Crippen LogP contribution in [0.1, 0.15) is 11.1 Å². The highest BCUT2D eigenvalue weighted by atomic mass is 32.2. The zero-order chi connectivity index (χ0) is 22.6. The molecule has 0 unspecified atom stereocenters. The SMILES string of the molecule is Cc1ccc(NS(=O)(=O)c2ccc(OCC(=O)N(C)c3ccc(F)cc3)c(C)c2)cc1. The monoisotopic (exact) mass is 442 g/mol. The fourth-order valence-corrected chi connectivity index (χ4v) is 3.98. The third-order valence-corrected chi connectivity index (χ3v) is 6.08. The van der Waals surface area contributed by atoms with E-state index in [1.165, 1.54) is 47.4 Å². The predicted molar refractivity (Wildman–Crippen MR) is 118 cm³/mol. The van der Waals surface area contributed by atoms with E-state index in [-0.39, 0.29) is 23.2 Å². The molecule has 1 N–H and O–H groups in total. The van der Waals surface area contributed by atoms with E-state index in [1.807, 2.05) is 19.1 Å². The molecule has 0 aromatic heterocycles. The quantitative estimate of drug-likeness (QED) is 0.592. The molecule has 6 nitrogen and oxygen atoms in total. The first kappa shape index (κ1) is 22.3. The van der Waals surface area contributed by atoms with Crippen molar-refractivity contribution in [3.05, 3.63) is 83.7 Å². The van der Waals surface area contributed by atoms with Gasteiger partial charge in [-0.2, -0.15) is 0 Å². The maximum Gasteiger partial charge on any atom is 0.264 e. The van der Waals surface area contributed by atoms with Crippen LogP contribution in [0.15, 0.2) is 71.6 Å². The Balaban J connectivity index is 1.66. The smallest absolute Gasteiger partial charge is 0.264 e. The van der Waals surface area contributed by atoms with Crippen LogP contribution in [0, 0.1) is 19.7 Å². The minimum Gasteiger partial charge on any atom is -0.483 e. The molecule has 162 valence electrons. The number of amides is 1. The zero-order valence-electron chi connectivity index (χ0n) is 17.4. The van der Waals surface area contributed by atoms with Crippen LogP contribution in [-0.4, -0.2) is 28.0 Å². The highest BCUT2D eigenvalue weighted by Crippen LogP contribution is 2.24. The van der Waals surface area contributed by atoms with E-state index in [0.29, 0.717) is 22.7 Å². The molecule has 1 amide bonds. The molecule has 0 radical (unpaired) electrons. The van der Waals surface area contributed by atoms with Gasteiger partial charge in [0.15, 0.2) is 6.61 Å². The summed E-state index contributed by atoms with van der Waals surface area (Å²) >= 11 is 0. The molecule has 3 rings (SSSR count). The summed E-state index contributed by atoms with van der Waals surface area (Å²) in [6.07, 6.45) is 0. The van der Waals surface area contributed by atoms with Gasteiger partial charge >= 0.3 is 0 Å². The van der Waals surface area contributed by atoms with E-state index >= 15 is 0 Å². The standard InChI is InChI=1S/C23H23FN2O4S/c1-16-4-8-19(9-5-16)25-31(28,29)21-12-13-22(17(2)14-21)30-15-23(27)26(3)20-10-6-18(24)7-11-20/h4-14,25H,15H2,1-3H3. The molecule has 0 bridgehead atoms. The van der Waals surface area contributed by atoms with Crippen LogP contribution in [0.3, 0.4) is 0 Å². The number of benzene rings is 3. The molecule has 8 heteroatoms. The fraction of sp³-hybridized carbons (Fsp3) is 0.174. The van der Waals surface area contributed by atoms with Crippen LogP contribution in [0.4, 0.5) is 15.8 Å². The Labute approximate surface area is 181 Å². The lowest BCUT2D eigenvalue weighted by Crippen LogP contribution is -2.31. The van der Waals surface area contributed by atoms with Crippen molar-refractivity contribution in [1.29, 1.82) is 0 Å². The molecule has 31 heavy (non-hydrogen) atoms. The highest BCUT2D eigenvalue weighted by Gasteiger charge is 2.17. The number of anilines is 2. The Bertz CT molecular complexity index is 1180. The molecule has 0 aliphatic heterocycles. The molecule has 0 aliphatic rings. The number of sulfonamides is 1. The van der Waals surface area contributed by atoms with Crippen molar-refractivity contribution in [3.8, 4) is 5.75 Å². The Morgan fingerprint density at radius 3 is 2.26 bits per heavy atom. The lowest BCUT2D eigenvalue weighted by molar-refractivity contribution is -0.120. The number of likely N-dealkylation sites (N-methyl/N-ethyl adjacent to an activating group) is 1. The summed E-state index contributed by atoms with van der Waals surface area (Å²) in [5.41, 5.74) is 2.61. The van der Waals surface area contributed by atoms with Crippen LogP contribution in [0.25, 0.3) is 0 Å². The van der Waals surface area contributed by atoms with Gasteiger partial charge in [-0.3, -0.25) is 9.52 Å². The first-order chi connectivity index (χ1) is 14.7. The third-order valence-electron chi connectivity index (χ3n) is 4.70. The number of ether oxygens (including phenoxy) is 1. The molecular weight excluding hydrogens is 419 g/mol.